The molecule has 0 unspecified atom stereocenters. The molecule has 35 heavy (non-hydrogen) atoms. The lowest BCUT2D eigenvalue weighted by Crippen LogP contribution is -2.45. The first kappa shape index (κ1) is 25.9. The highest BCUT2D eigenvalue weighted by molar-refractivity contribution is 6.33. The minimum atomic E-state index is -0.955. The molecule has 0 saturated carbocycles. The number of carbonyl (C=O) groups excluding carboxylic acids is 3. The SMILES string of the molecule is CC1=C(C#N)C(=O)N(C[C@@H](C)O)C(=O)/C1=C/c1ccc(-c2ccc(Cl)c(C(=O)OCC(C)C)c2)o1. The number of nitriles is 1. The van der Waals surface area contributed by atoms with Crippen LogP contribution in [-0.2, 0) is 14.3 Å². The van der Waals surface area contributed by atoms with E-state index in [4.69, 9.17) is 20.8 Å². The lowest BCUT2D eigenvalue weighted by molar-refractivity contribution is -0.141. The van der Waals surface area contributed by atoms with Gasteiger partial charge in [-0.25, -0.2) is 4.79 Å². The largest absolute Gasteiger partial charge is 0.462 e. The minimum Gasteiger partial charge on any atom is -0.462 e. The van der Waals surface area contributed by atoms with Crippen LogP contribution in [0.5, 0.6) is 0 Å². The molecule has 2 amide bonds. The predicted molar refractivity (Wildman–Crippen MR) is 129 cm³/mol. The third-order valence-electron chi connectivity index (χ3n) is 5.20. The Bertz CT molecular complexity index is 1280. The van der Waals surface area contributed by atoms with Crippen molar-refractivity contribution in [1.82, 2.24) is 4.90 Å². The highest BCUT2D eigenvalue weighted by Gasteiger charge is 2.36. The van der Waals surface area contributed by atoms with E-state index >= 15 is 0 Å². The van der Waals surface area contributed by atoms with E-state index in [9.17, 15) is 24.8 Å². The van der Waals surface area contributed by atoms with Gasteiger partial charge in [-0.2, -0.15) is 5.26 Å². The molecule has 1 aromatic heterocycles. The summed E-state index contributed by atoms with van der Waals surface area (Å²) in [6, 6.07) is 9.94. The minimum absolute atomic E-state index is 0.108. The van der Waals surface area contributed by atoms with Crippen molar-refractivity contribution < 1.29 is 28.6 Å². The second kappa shape index (κ2) is 10.7. The number of hydrogen-bond donors (Lipinski definition) is 1. The Balaban J connectivity index is 1.96. The van der Waals surface area contributed by atoms with Crippen LogP contribution in [0.1, 0.15) is 43.8 Å². The normalized spacial score (nSPS) is 16.2. The number of nitrogens with zero attached hydrogens (tertiary/aromatic N) is 2. The molecule has 1 aliphatic heterocycles. The molecular weight excluding hydrogens is 472 g/mol. The first-order valence-corrected chi connectivity index (χ1v) is 11.4. The average molecular weight is 497 g/mol. The van der Waals surface area contributed by atoms with Gasteiger partial charge in [0.15, 0.2) is 0 Å². The molecule has 0 fully saturated rings. The fraction of sp³-hybridized carbons (Fsp3) is 0.308. The summed E-state index contributed by atoms with van der Waals surface area (Å²) in [5.74, 6) is -1.04. The van der Waals surface area contributed by atoms with Crippen molar-refractivity contribution in [2.45, 2.75) is 33.8 Å². The molecule has 8 nitrogen and oxygen atoms in total. The van der Waals surface area contributed by atoms with Crippen LogP contribution in [0, 0.1) is 17.2 Å². The fourth-order valence-corrected chi connectivity index (χ4v) is 3.64. The zero-order valence-corrected chi connectivity index (χ0v) is 20.5. The third kappa shape index (κ3) is 5.70. The Hall–Kier alpha value is -3.67. The second-order valence-corrected chi connectivity index (χ2v) is 9.04. The van der Waals surface area contributed by atoms with Crippen LogP contribution in [0.4, 0.5) is 0 Å². The average Bonchev–Trinajstić information content (AvgIpc) is 3.27. The van der Waals surface area contributed by atoms with E-state index < -0.39 is 23.9 Å². The monoisotopic (exact) mass is 496 g/mol. The lowest BCUT2D eigenvalue weighted by Gasteiger charge is -2.28. The van der Waals surface area contributed by atoms with Gasteiger partial charge < -0.3 is 14.3 Å². The second-order valence-electron chi connectivity index (χ2n) is 8.63. The number of benzene rings is 1. The van der Waals surface area contributed by atoms with Gasteiger partial charge >= 0.3 is 5.97 Å². The fourth-order valence-electron chi connectivity index (χ4n) is 3.44. The van der Waals surface area contributed by atoms with Crippen molar-refractivity contribution in [3.8, 4) is 17.4 Å². The molecule has 1 atom stereocenters. The molecule has 182 valence electrons. The quantitative estimate of drug-likeness (QED) is 0.343. The summed E-state index contributed by atoms with van der Waals surface area (Å²) in [5, 5.41) is 19.4. The summed E-state index contributed by atoms with van der Waals surface area (Å²) in [4.78, 5) is 38.7. The van der Waals surface area contributed by atoms with Gasteiger partial charge in [-0.05, 0) is 61.7 Å². The number of ether oxygens (including phenoxy) is 1. The molecule has 0 aliphatic carbocycles. The van der Waals surface area contributed by atoms with Crippen LogP contribution in [0.2, 0.25) is 5.02 Å². The molecule has 1 aromatic carbocycles. The van der Waals surface area contributed by atoms with Gasteiger partial charge in [-0.15, -0.1) is 0 Å². The van der Waals surface area contributed by atoms with Gasteiger partial charge in [0, 0.05) is 11.1 Å². The van der Waals surface area contributed by atoms with Crippen LogP contribution in [0.3, 0.4) is 0 Å². The van der Waals surface area contributed by atoms with Gasteiger partial charge in [0.1, 0.15) is 23.2 Å². The number of carbonyl (C=O) groups is 3. The summed E-state index contributed by atoms with van der Waals surface area (Å²) < 4.78 is 11.1. The third-order valence-corrected chi connectivity index (χ3v) is 5.53. The van der Waals surface area contributed by atoms with Gasteiger partial charge in [0.25, 0.3) is 11.8 Å². The summed E-state index contributed by atoms with van der Waals surface area (Å²) in [7, 11) is 0. The number of aliphatic hydroxyl groups is 1. The van der Waals surface area contributed by atoms with Gasteiger partial charge in [-0.3, -0.25) is 14.5 Å². The summed E-state index contributed by atoms with van der Waals surface area (Å²) in [5.41, 5.74) is 0.931. The Labute approximate surface area is 208 Å². The predicted octanol–water partition coefficient (Wildman–Crippen LogP) is 4.39. The van der Waals surface area contributed by atoms with Crippen LogP contribution >= 0.6 is 11.6 Å². The van der Waals surface area contributed by atoms with Crippen LogP contribution < -0.4 is 0 Å². The van der Waals surface area contributed by atoms with Crippen LogP contribution in [-0.4, -0.2) is 47.0 Å². The molecular formula is C26H25ClN2O6. The van der Waals surface area contributed by atoms with E-state index in [2.05, 4.69) is 0 Å². The molecule has 2 heterocycles. The van der Waals surface area contributed by atoms with Crippen molar-refractivity contribution in [2.75, 3.05) is 13.2 Å². The van der Waals surface area contributed by atoms with Gasteiger partial charge in [-0.1, -0.05) is 25.4 Å². The summed E-state index contributed by atoms with van der Waals surface area (Å²) in [6.45, 7) is 6.83. The number of β-amino-alcohol motifs (C(OH)–C–C–N with tert-alkyl or cyclic N) is 1. The molecule has 9 heteroatoms. The summed E-state index contributed by atoms with van der Waals surface area (Å²) in [6.07, 6.45) is 0.484. The zero-order chi connectivity index (χ0) is 25.9. The maximum atomic E-state index is 13.0. The summed E-state index contributed by atoms with van der Waals surface area (Å²) >= 11 is 6.19. The molecule has 0 bridgehead atoms. The van der Waals surface area contributed by atoms with Crippen molar-refractivity contribution in [3.05, 3.63) is 63.4 Å². The first-order chi connectivity index (χ1) is 16.5. The van der Waals surface area contributed by atoms with E-state index in [0.29, 0.717) is 17.1 Å². The number of esters is 1. The Morgan fingerprint density at radius 3 is 2.57 bits per heavy atom. The van der Waals surface area contributed by atoms with Crippen LogP contribution in [0.15, 0.2) is 51.5 Å². The smallest absolute Gasteiger partial charge is 0.339 e. The molecule has 0 spiro atoms. The maximum absolute atomic E-state index is 13.0. The van der Waals surface area contributed by atoms with Crippen molar-refractivity contribution in [3.63, 3.8) is 0 Å². The highest BCUT2D eigenvalue weighted by Crippen LogP contribution is 2.31. The van der Waals surface area contributed by atoms with E-state index in [1.807, 2.05) is 19.9 Å². The van der Waals surface area contributed by atoms with Crippen molar-refractivity contribution in [1.29, 1.82) is 5.26 Å². The topological polar surface area (TPSA) is 121 Å². The molecule has 2 aromatic rings. The molecule has 1 N–H and O–H groups in total. The van der Waals surface area contributed by atoms with Crippen molar-refractivity contribution >= 4 is 35.5 Å². The van der Waals surface area contributed by atoms with E-state index in [1.165, 1.54) is 19.9 Å². The van der Waals surface area contributed by atoms with Crippen LogP contribution in [0.25, 0.3) is 17.4 Å². The molecule has 1 aliphatic rings. The van der Waals surface area contributed by atoms with Gasteiger partial charge in [0.2, 0.25) is 0 Å². The number of rotatable bonds is 7. The number of halogens is 1. The maximum Gasteiger partial charge on any atom is 0.339 e. The number of aliphatic hydroxyl groups excluding tert-OH is 1. The van der Waals surface area contributed by atoms with E-state index in [-0.39, 0.29) is 46.4 Å². The molecule has 3 rings (SSSR count). The highest BCUT2D eigenvalue weighted by atomic mass is 35.5. The molecule has 0 saturated heterocycles. The van der Waals surface area contributed by atoms with Crippen molar-refractivity contribution in [2.24, 2.45) is 5.92 Å². The Kier molecular flexibility index (Phi) is 7.95. The molecule has 0 radical (unpaired) electrons. The number of amides is 2. The number of hydrogen-bond acceptors (Lipinski definition) is 7. The zero-order valence-electron chi connectivity index (χ0n) is 19.8. The standard InChI is InChI=1S/C26H25ClN2O6/c1-14(2)13-34-26(33)20-9-17(5-7-22(20)27)23-8-6-18(35-23)10-19-16(4)21(11-28)25(32)29(24(19)31)12-15(3)30/h5-10,14-15,30H,12-13H2,1-4H3/b19-10+/t15-/m1/s1. The first-order valence-electron chi connectivity index (χ1n) is 11.0. The van der Waals surface area contributed by atoms with E-state index in [0.717, 1.165) is 4.90 Å². The van der Waals surface area contributed by atoms with Gasteiger partial charge in [0.05, 0.1) is 29.8 Å². The lowest BCUT2D eigenvalue weighted by atomic mass is 9.94. The Morgan fingerprint density at radius 1 is 1.23 bits per heavy atom. The number of imide groups is 1. The Morgan fingerprint density at radius 2 is 1.94 bits per heavy atom. The number of furan rings is 1. The van der Waals surface area contributed by atoms with E-state index in [1.54, 1.807) is 30.3 Å².